The largest absolute Gasteiger partial charge is 0.496 e. The second-order valence-corrected chi connectivity index (χ2v) is 6.54. The van der Waals surface area contributed by atoms with Crippen LogP contribution in [0.2, 0.25) is 5.02 Å². The van der Waals surface area contributed by atoms with Gasteiger partial charge in [-0.25, -0.2) is 4.79 Å². The van der Waals surface area contributed by atoms with Crippen molar-refractivity contribution in [3.05, 3.63) is 75.1 Å². The predicted octanol–water partition coefficient (Wildman–Crippen LogP) is 2.97. The van der Waals surface area contributed by atoms with Gasteiger partial charge in [-0.05, 0) is 36.2 Å². The molecule has 0 aliphatic heterocycles. The van der Waals surface area contributed by atoms with Crippen molar-refractivity contribution < 1.29 is 23.5 Å². The Labute approximate surface area is 171 Å². The van der Waals surface area contributed by atoms with E-state index in [1.165, 1.54) is 18.2 Å². The summed E-state index contributed by atoms with van der Waals surface area (Å²) in [5.74, 6) is -0.922. The van der Waals surface area contributed by atoms with Crippen molar-refractivity contribution in [1.29, 1.82) is 0 Å². The van der Waals surface area contributed by atoms with Crippen LogP contribution in [0.15, 0.2) is 57.7 Å². The molecule has 1 heterocycles. The number of rotatable bonds is 7. The summed E-state index contributed by atoms with van der Waals surface area (Å²) in [7, 11) is 1.58. The van der Waals surface area contributed by atoms with Crippen molar-refractivity contribution in [2.24, 2.45) is 0 Å². The highest BCUT2D eigenvalue weighted by molar-refractivity contribution is 6.31. The van der Waals surface area contributed by atoms with E-state index in [1.54, 1.807) is 7.11 Å². The number of para-hydroxylation sites is 1. The molecule has 1 aromatic heterocycles. The first-order valence-electron chi connectivity index (χ1n) is 8.77. The lowest BCUT2D eigenvalue weighted by molar-refractivity contribution is -0.124. The first-order chi connectivity index (χ1) is 14.0. The van der Waals surface area contributed by atoms with E-state index in [0.717, 1.165) is 17.4 Å². The summed E-state index contributed by atoms with van der Waals surface area (Å²) >= 11 is 5.85. The van der Waals surface area contributed by atoms with Crippen LogP contribution in [-0.2, 0) is 16.0 Å². The molecular weight excluding hydrogens is 398 g/mol. The molecule has 0 saturated carbocycles. The molecular formula is C21H18ClNO6. The summed E-state index contributed by atoms with van der Waals surface area (Å²) in [4.78, 5) is 36.1. The van der Waals surface area contributed by atoms with Crippen LogP contribution in [0.3, 0.4) is 0 Å². The van der Waals surface area contributed by atoms with Crippen LogP contribution >= 0.6 is 11.6 Å². The average molecular weight is 416 g/mol. The van der Waals surface area contributed by atoms with Crippen molar-refractivity contribution in [3.63, 3.8) is 0 Å². The van der Waals surface area contributed by atoms with Crippen molar-refractivity contribution >= 4 is 34.4 Å². The summed E-state index contributed by atoms with van der Waals surface area (Å²) in [6.07, 6.45) is 0.561. The minimum absolute atomic E-state index is 0.204. The topological polar surface area (TPSA) is 94.8 Å². The van der Waals surface area contributed by atoms with Gasteiger partial charge in [0.1, 0.15) is 11.3 Å². The number of esters is 1. The van der Waals surface area contributed by atoms with E-state index in [0.29, 0.717) is 18.0 Å². The highest BCUT2D eigenvalue weighted by atomic mass is 35.5. The number of benzene rings is 2. The fourth-order valence-corrected chi connectivity index (χ4v) is 2.90. The first kappa shape index (κ1) is 20.4. The molecule has 150 valence electrons. The van der Waals surface area contributed by atoms with Crippen LogP contribution < -0.4 is 15.5 Å². The lowest BCUT2D eigenvalue weighted by Crippen LogP contribution is -2.30. The van der Waals surface area contributed by atoms with Gasteiger partial charge in [0.2, 0.25) is 5.76 Å². The van der Waals surface area contributed by atoms with E-state index >= 15 is 0 Å². The number of amides is 1. The van der Waals surface area contributed by atoms with Crippen LogP contribution in [0.1, 0.15) is 16.1 Å². The van der Waals surface area contributed by atoms with E-state index in [1.807, 2.05) is 24.3 Å². The summed E-state index contributed by atoms with van der Waals surface area (Å²) in [6, 6.07) is 13.0. The SMILES string of the molecule is COc1ccccc1CCNC(=O)COC(=O)c1cc(=O)c2cc(Cl)ccc2o1. The zero-order valence-corrected chi connectivity index (χ0v) is 16.3. The van der Waals surface area contributed by atoms with Gasteiger partial charge in [-0.15, -0.1) is 0 Å². The maximum atomic E-state index is 12.1. The Morgan fingerprint density at radius 3 is 2.72 bits per heavy atom. The number of carbonyl (C=O) groups excluding carboxylic acids is 2. The van der Waals surface area contributed by atoms with Gasteiger partial charge >= 0.3 is 5.97 Å². The van der Waals surface area contributed by atoms with Gasteiger partial charge in [-0.2, -0.15) is 0 Å². The summed E-state index contributed by atoms with van der Waals surface area (Å²) in [6.45, 7) is -0.143. The van der Waals surface area contributed by atoms with Crippen molar-refractivity contribution in [3.8, 4) is 5.75 Å². The van der Waals surface area contributed by atoms with Gasteiger partial charge in [0.05, 0.1) is 12.5 Å². The summed E-state index contributed by atoms with van der Waals surface area (Å²) in [5.41, 5.74) is 0.724. The molecule has 1 N–H and O–H groups in total. The fourth-order valence-electron chi connectivity index (χ4n) is 2.73. The van der Waals surface area contributed by atoms with Crippen LogP contribution in [0.25, 0.3) is 11.0 Å². The number of carbonyl (C=O) groups is 2. The minimum Gasteiger partial charge on any atom is -0.496 e. The maximum absolute atomic E-state index is 12.1. The van der Waals surface area contributed by atoms with E-state index in [4.69, 9.17) is 25.5 Å². The van der Waals surface area contributed by atoms with Gasteiger partial charge in [-0.1, -0.05) is 29.8 Å². The number of hydrogen-bond donors (Lipinski definition) is 1. The van der Waals surface area contributed by atoms with Crippen molar-refractivity contribution in [1.82, 2.24) is 5.32 Å². The van der Waals surface area contributed by atoms with E-state index < -0.39 is 23.9 Å². The highest BCUT2D eigenvalue weighted by Crippen LogP contribution is 2.18. The molecule has 29 heavy (non-hydrogen) atoms. The lowest BCUT2D eigenvalue weighted by Gasteiger charge is -2.09. The van der Waals surface area contributed by atoms with E-state index in [2.05, 4.69) is 5.32 Å². The number of fused-ring (bicyclic) bond motifs is 1. The summed E-state index contributed by atoms with van der Waals surface area (Å²) < 4.78 is 15.6. The first-order valence-corrected chi connectivity index (χ1v) is 9.15. The van der Waals surface area contributed by atoms with E-state index in [-0.39, 0.29) is 16.7 Å². The van der Waals surface area contributed by atoms with Crippen molar-refractivity contribution in [2.45, 2.75) is 6.42 Å². The molecule has 0 aliphatic rings. The monoisotopic (exact) mass is 415 g/mol. The van der Waals surface area contributed by atoms with Crippen LogP contribution in [0.5, 0.6) is 5.75 Å². The quantitative estimate of drug-likeness (QED) is 0.596. The third-order valence-electron chi connectivity index (χ3n) is 4.13. The van der Waals surface area contributed by atoms with Crippen LogP contribution in [-0.4, -0.2) is 32.1 Å². The molecule has 0 aliphatic carbocycles. The molecule has 0 bridgehead atoms. The highest BCUT2D eigenvalue weighted by Gasteiger charge is 2.15. The van der Waals surface area contributed by atoms with Gasteiger partial charge in [0.15, 0.2) is 12.0 Å². The number of ether oxygens (including phenoxy) is 2. The smallest absolute Gasteiger partial charge is 0.374 e. The second kappa shape index (κ2) is 9.25. The normalized spacial score (nSPS) is 10.6. The Morgan fingerprint density at radius 2 is 1.93 bits per heavy atom. The molecule has 0 atom stereocenters. The Kier molecular flexibility index (Phi) is 6.51. The minimum atomic E-state index is -0.904. The number of methoxy groups -OCH3 is 1. The Bertz CT molecular complexity index is 1110. The van der Waals surface area contributed by atoms with Gasteiger partial charge in [0.25, 0.3) is 5.91 Å². The molecule has 0 unspecified atom stereocenters. The van der Waals surface area contributed by atoms with Gasteiger partial charge in [-0.3, -0.25) is 9.59 Å². The summed E-state index contributed by atoms with van der Waals surface area (Å²) in [5, 5.41) is 3.29. The zero-order valence-electron chi connectivity index (χ0n) is 15.6. The van der Waals surface area contributed by atoms with Crippen LogP contribution in [0, 0.1) is 0 Å². The molecule has 0 radical (unpaired) electrons. The molecule has 0 spiro atoms. The third-order valence-corrected chi connectivity index (χ3v) is 4.37. The van der Waals surface area contributed by atoms with Crippen molar-refractivity contribution in [2.75, 3.05) is 20.3 Å². The molecule has 3 aromatic rings. The molecule has 2 aromatic carbocycles. The maximum Gasteiger partial charge on any atom is 0.374 e. The number of halogens is 1. The Morgan fingerprint density at radius 1 is 1.14 bits per heavy atom. The second-order valence-electron chi connectivity index (χ2n) is 6.10. The molecule has 1 amide bonds. The molecule has 0 fully saturated rings. The lowest BCUT2D eigenvalue weighted by atomic mass is 10.1. The predicted molar refractivity (Wildman–Crippen MR) is 107 cm³/mol. The number of nitrogens with one attached hydrogen (secondary N) is 1. The van der Waals surface area contributed by atoms with E-state index in [9.17, 15) is 14.4 Å². The van der Waals surface area contributed by atoms with Gasteiger partial charge in [0, 0.05) is 17.6 Å². The van der Waals surface area contributed by atoms with Gasteiger partial charge < -0.3 is 19.2 Å². The Balaban J connectivity index is 1.54. The molecule has 8 heteroatoms. The molecule has 0 saturated heterocycles. The molecule has 3 rings (SSSR count). The third kappa shape index (κ3) is 5.14. The average Bonchev–Trinajstić information content (AvgIpc) is 2.72. The Hall–Kier alpha value is -3.32. The van der Waals surface area contributed by atoms with Crippen LogP contribution in [0.4, 0.5) is 0 Å². The number of hydrogen-bond acceptors (Lipinski definition) is 6. The standard InChI is InChI=1S/C21H18ClNO6/c1-27-17-5-3-2-4-13(17)8-9-23-20(25)12-28-21(26)19-11-16(24)15-10-14(22)6-7-18(15)29-19/h2-7,10-11H,8-9,12H2,1H3,(H,23,25). The fraction of sp³-hybridized carbons (Fsp3) is 0.190. The molecule has 7 nitrogen and oxygen atoms in total. The zero-order chi connectivity index (χ0) is 20.8.